The lowest BCUT2D eigenvalue weighted by molar-refractivity contribution is -0.144. The van der Waals surface area contributed by atoms with Crippen molar-refractivity contribution >= 4 is 18.0 Å². The van der Waals surface area contributed by atoms with Gasteiger partial charge in [0.05, 0.1) is 18.6 Å². The topological polar surface area (TPSA) is 68.5 Å². The lowest BCUT2D eigenvalue weighted by atomic mass is 10.0. The predicted octanol–water partition coefficient (Wildman–Crippen LogP) is 1.30. The number of aryl methyl sites for hydroxylation is 1. The number of aromatic nitrogens is 1. The molecule has 0 fully saturated rings. The van der Waals surface area contributed by atoms with Gasteiger partial charge in [-0.3, -0.25) is 4.79 Å². The molecule has 0 spiro atoms. The molecule has 0 bridgehead atoms. The maximum absolute atomic E-state index is 11.5. The van der Waals surface area contributed by atoms with E-state index in [1.54, 1.807) is 10.6 Å². The zero-order chi connectivity index (χ0) is 13.0. The lowest BCUT2D eigenvalue weighted by Crippen LogP contribution is -2.19. The van der Waals surface area contributed by atoms with Crippen LogP contribution in [0, 0.1) is 5.92 Å². The Bertz CT molecular complexity index is 459. The van der Waals surface area contributed by atoms with E-state index in [0.29, 0.717) is 0 Å². The average molecular weight is 237 g/mol. The molecule has 0 saturated carbocycles. The minimum atomic E-state index is -1.06. The van der Waals surface area contributed by atoms with E-state index in [0.717, 1.165) is 5.69 Å². The number of carbonyl (C=O) groups excluding carboxylic acids is 1. The van der Waals surface area contributed by atoms with E-state index in [-0.39, 0.29) is 5.57 Å². The summed E-state index contributed by atoms with van der Waals surface area (Å²) in [5, 5.41) is 8.94. The largest absolute Gasteiger partial charge is 0.481 e. The highest BCUT2D eigenvalue weighted by molar-refractivity contribution is 5.98. The van der Waals surface area contributed by atoms with Crippen molar-refractivity contribution in [3.8, 4) is 0 Å². The number of ether oxygens (including phenoxy) is 1. The fourth-order valence-corrected chi connectivity index (χ4v) is 1.40. The molecule has 1 aromatic heterocycles. The van der Waals surface area contributed by atoms with Gasteiger partial charge in [-0.05, 0) is 25.1 Å². The smallest absolute Gasteiger partial charge is 0.334 e. The van der Waals surface area contributed by atoms with Crippen molar-refractivity contribution in [2.75, 3.05) is 7.11 Å². The number of carboxylic acids is 1. The van der Waals surface area contributed by atoms with Crippen molar-refractivity contribution in [3.63, 3.8) is 0 Å². The first-order valence-electron chi connectivity index (χ1n) is 5.11. The fourth-order valence-electron chi connectivity index (χ4n) is 1.40. The van der Waals surface area contributed by atoms with Crippen LogP contribution in [0.5, 0.6) is 0 Å². The first kappa shape index (κ1) is 13.0. The second kappa shape index (κ2) is 5.34. The number of rotatable bonds is 4. The molecule has 92 valence electrons. The van der Waals surface area contributed by atoms with Gasteiger partial charge in [0, 0.05) is 18.9 Å². The van der Waals surface area contributed by atoms with Gasteiger partial charge in [-0.2, -0.15) is 0 Å². The summed E-state index contributed by atoms with van der Waals surface area (Å²) >= 11 is 0. The van der Waals surface area contributed by atoms with Crippen molar-refractivity contribution in [1.29, 1.82) is 0 Å². The summed E-state index contributed by atoms with van der Waals surface area (Å²) in [6.45, 7) is 1.45. The van der Waals surface area contributed by atoms with Crippen LogP contribution in [0.25, 0.3) is 6.08 Å². The number of carboxylic acid groups (broad SMARTS) is 1. The van der Waals surface area contributed by atoms with Crippen molar-refractivity contribution < 1.29 is 19.4 Å². The molecule has 1 unspecified atom stereocenters. The Balaban J connectivity index is 3.15. The molecule has 0 aliphatic heterocycles. The number of nitrogens with zero attached hydrogens (tertiary/aromatic N) is 1. The van der Waals surface area contributed by atoms with Crippen LogP contribution in [0.2, 0.25) is 0 Å². The molecular formula is C12H15NO4. The monoisotopic (exact) mass is 237 g/mol. The van der Waals surface area contributed by atoms with Crippen LogP contribution in [0.1, 0.15) is 12.6 Å². The molecule has 0 aliphatic rings. The summed E-state index contributed by atoms with van der Waals surface area (Å²) in [5.74, 6) is -2.59. The van der Waals surface area contributed by atoms with E-state index < -0.39 is 17.9 Å². The van der Waals surface area contributed by atoms with Crippen molar-refractivity contribution in [3.05, 3.63) is 29.6 Å². The van der Waals surface area contributed by atoms with Gasteiger partial charge in [0.1, 0.15) is 0 Å². The highest BCUT2D eigenvalue weighted by Gasteiger charge is 2.23. The molecule has 1 aromatic rings. The van der Waals surface area contributed by atoms with Gasteiger partial charge in [-0.15, -0.1) is 0 Å². The second-order valence-electron chi connectivity index (χ2n) is 3.70. The van der Waals surface area contributed by atoms with Crippen LogP contribution in [-0.2, 0) is 21.4 Å². The Morgan fingerprint density at radius 3 is 2.59 bits per heavy atom. The van der Waals surface area contributed by atoms with Crippen molar-refractivity contribution in [1.82, 2.24) is 4.57 Å². The summed E-state index contributed by atoms with van der Waals surface area (Å²) in [5.41, 5.74) is 0.875. The van der Waals surface area contributed by atoms with Crippen LogP contribution in [-0.4, -0.2) is 28.7 Å². The van der Waals surface area contributed by atoms with Crippen molar-refractivity contribution in [2.24, 2.45) is 13.0 Å². The molecule has 0 aromatic carbocycles. The molecular weight excluding hydrogens is 222 g/mol. The van der Waals surface area contributed by atoms with Gasteiger partial charge in [-0.25, -0.2) is 4.79 Å². The minimum Gasteiger partial charge on any atom is -0.481 e. The third-order valence-corrected chi connectivity index (χ3v) is 2.55. The average Bonchev–Trinajstić information content (AvgIpc) is 2.69. The molecule has 0 saturated heterocycles. The maximum Gasteiger partial charge on any atom is 0.334 e. The Hall–Kier alpha value is -2.04. The zero-order valence-electron chi connectivity index (χ0n) is 10.0. The Labute approximate surface area is 99.3 Å². The van der Waals surface area contributed by atoms with Crippen molar-refractivity contribution in [2.45, 2.75) is 6.92 Å². The number of methoxy groups -OCH3 is 1. The standard InChI is InChI=1S/C12H15NO4/c1-8(11(14)15)10(12(16)17-3)7-9-5-4-6-13(9)2/h4-8H,1-3H3,(H,14,15)/b10-7+. The Kier molecular flexibility index (Phi) is 4.09. The summed E-state index contributed by atoms with van der Waals surface area (Å²) in [7, 11) is 3.04. The molecule has 0 radical (unpaired) electrons. The van der Waals surface area contributed by atoms with E-state index in [1.165, 1.54) is 20.1 Å². The third-order valence-electron chi connectivity index (χ3n) is 2.55. The van der Waals surface area contributed by atoms with Crippen LogP contribution < -0.4 is 0 Å². The number of hydrogen-bond acceptors (Lipinski definition) is 3. The molecule has 1 N–H and O–H groups in total. The fraction of sp³-hybridized carbons (Fsp3) is 0.333. The molecule has 0 aliphatic carbocycles. The van der Waals surface area contributed by atoms with Gasteiger partial charge >= 0.3 is 11.9 Å². The normalized spacial score (nSPS) is 13.2. The summed E-state index contributed by atoms with van der Waals surface area (Å²) < 4.78 is 6.38. The van der Waals surface area contributed by atoms with E-state index in [4.69, 9.17) is 5.11 Å². The molecule has 1 rings (SSSR count). The quantitative estimate of drug-likeness (QED) is 0.633. The van der Waals surface area contributed by atoms with Gasteiger partial charge in [-0.1, -0.05) is 0 Å². The highest BCUT2D eigenvalue weighted by atomic mass is 16.5. The SMILES string of the molecule is COC(=O)/C(=C/c1cccn1C)C(C)C(=O)O. The molecule has 5 heteroatoms. The number of carbonyl (C=O) groups is 2. The number of esters is 1. The van der Waals surface area contributed by atoms with Gasteiger partial charge in [0.2, 0.25) is 0 Å². The second-order valence-corrected chi connectivity index (χ2v) is 3.70. The zero-order valence-corrected chi connectivity index (χ0v) is 10.0. The van der Waals surface area contributed by atoms with E-state index in [2.05, 4.69) is 4.74 Å². The van der Waals surface area contributed by atoms with Crippen LogP contribution in [0.15, 0.2) is 23.9 Å². The van der Waals surface area contributed by atoms with Gasteiger partial charge in [0.25, 0.3) is 0 Å². The van der Waals surface area contributed by atoms with Gasteiger partial charge < -0.3 is 14.4 Å². The summed E-state index contributed by atoms with van der Waals surface area (Å²) in [4.78, 5) is 22.5. The molecule has 1 heterocycles. The highest BCUT2D eigenvalue weighted by Crippen LogP contribution is 2.17. The maximum atomic E-state index is 11.5. The van der Waals surface area contributed by atoms with Crippen LogP contribution in [0.3, 0.4) is 0 Å². The Morgan fingerprint density at radius 2 is 2.18 bits per heavy atom. The molecule has 17 heavy (non-hydrogen) atoms. The number of aliphatic carboxylic acids is 1. The lowest BCUT2D eigenvalue weighted by Gasteiger charge is -2.10. The third kappa shape index (κ3) is 2.96. The first-order valence-corrected chi connectivity index (χ1v) is 5.11. The molecule has 1 atom stereocenters. The molecule has 5 nitrogen and oxygen atoms in total. The van der Waals surface area contributed by atoms with Gasteiger partial charge in [0.15, 0.2) is 0 Å². The summed E-state index contributed by atoms with van der Waals surface area (Å²) in [6, 6.07) is 3.60. The summed E-state index contributed by atoms with van der Waals surface area (Å²) in [6.07, 6.45) is 3.34. The first-order chi connectivity index (χ1) is 7.97. The van der Waals surface area contributed by atoms with Crippen LogP contribution >= 0.6 is 0 Å². The molecule has 0 amide bonds. The van der Waals surface area contributed by atoms with E-state index in [1.807, 2.05) is 19.3 Å². The van der Waals surface area contributed by atoms with E-state index >= 15 is 0 Å². The predicted molar refractivity (Wildman–Crippen MR) is 62.2 cm³/mol. The minimum absolute atomic E-state index is 0.127. The van der Waals surface area contributed by atoms with Crippen LogP contribution in [0.4, 0.5) is 0 Å². The number of hydrogen-bond donors (Lipinski definition) is 1. The Morgan fingerprint density at radius 1 is 1.53 bits per heavy atom. The van der Waals surface area contributed by atoms with E-state index in [9.17, 15) is 9.59 Å².